The van der Waals surface area contributed by atoms with E-state index in [1.54, 1.807) is 11.9 Å². The van der Waals surface area contributed by atoms with Gasteiger partial charge in [0, 0.05) is 45.0 Å². The second kappa shape index (κ2) is 9.53. The molecule has 9 nitrogen and oxygen atoms in total. The maximum absolute atomic E-state index is 14.8. The number of nitrogens with one attached hydrogen (secondary N) is 2. The molecule has 13 heteroatoms. The number of hydrazine groups is 1. The fourth-order valence-corrected chi connectivity index (χ4v) is 3.15. The lowest BCUT2D eigenvalue weighted by Crippen LogP contribution is -2.51. The zero-order chi connectivity index (χ0) is 23.5. The molecule has 1 amide bonds. The normalized spacial score (nSPS) is 14.9. The van der Waals surface area contributed by atoms with Crippen molar-refractivity contribution in [1.82, 2.24) is 19.9 Å². The molecular formula is C19H23F4N7O2. The minimum atomic E-state index is -4.64. The molecule has 174 valence electrons. The Morgan fingerprint density at radius 3 is 2.53 bits per heavy atom. The van der Waals surface area contributed by atoms with Gasteiger partial charge in [0.15, 0.2) is 0 Å². The minimum absolute atomic E-state index is 0.0514. The van der Waals surface area contributed by atoms with Gasteiger partial charge in [-0.25, -0.2) is 14.4 Å². The number of halogens is 4. The third-order valence-electron chi connectivity index (χ3n) is 4.81. The van der Waals surface area contributed by atoms with Gasteiger partial charge in [0.1, 0.15) is 22.9 Å². The quantitative estimate of drug-likeness (QED) is 0.449. The number of methoxy groups -OCH3 is 1. The monoisotopic (exact) mass is 457 g/mol. The van der Waals surface area contributed by atoms with Gasteiger partial charge in [0.2, 0.25) is 5.95 Å². The maximum atomic E-state index is 14.8. The van der Waals surface area contributed by atoms with Crippen LogP contribution in [0.15, 0.2) is 18.3 Å². The first-order valence-electron chi connectivity index (χ1n) is 9.75. The van der Waals surface area contributed by atoms with Crippen LogP contribution >= 0.6 is 0 Å². The molecule has 0 spiro atoms. The molecule has 2 aromatic rings. The van der Waals surface area contributed by atoms with E-state index in [0.717, 1.165) is 6.07 Å². The summed E-state index contributed by atoms with van der Waals surface area (Å²) in [4.78, 5) is 21.7. The Morgan fingerprint density at radius 1 is 1.25 bits per heavy atom. The highest BCUT2D eigenvalue weighted by Crippen LogP contribution is 2.35. The Hall–Kier alpha value is -3.19. The van der Waals surface area contributed by atoms with Crippen molar-refractivity contribution >= 4 is 23.4 Å². The topological polar surface area (TPSA) is 109 Å². The number of benzene rings is 1. The molecule has 1 aromatic carbocycles. The van der Waals surface area contributed by atoms with Crippen molar-refractivity contribution in [2.45, 2.75) is 13.1 Å². The largest absolute Gasteiger partial charge is 0.495 e. The molecule has 1 fully saturated rings. The van der Waals surface area contributed by atoms with Crippen LogP contribution in [0, 0.1) is 5.82 Å². The highest BCUT2D eigenvalue weighted by Gasteiger charge is 2.35. The summed E-state index contributed by atoms with van der Waals surface area (Å²) in [6.07, 6.45) is -4.01. The van der Waals surface area contributed by atoms with E-state index in [-0.39, 0.29) is 29.5 Å². The summed E-state index contributed by atoms with van der Waals surface area (Å²) in [5.74, 6) is 3.82. The van der Waals surface area contributed by atoms with Crippen LogP contribution in [0.4, 0.5) is 35.0 Å². The van der Waals surface area contributed by atoms with E-state index in [1.165, 1.54) is 18.1 Å². The zero-order valence-electron chi connectivity index (χ0n) is 17.5. The van der Waals surface area contributed by atoms with Gasteiger partial charge >= 0.3 is 6.18 Å². The van der Waals surface area contributed by atoms with Crippen LogP contribution in [0.2, 0.25) is 0 Å². The van der Waals surface area contributed by atoms with Crippen molar-refractivity contribution in [1.29, 1.82) is 0 Å². The van der Waals surface area contributed by atoms with Crippen LogP contribution in [0.3, 0.4) is 0 Å². The maximum Gasteiger partial charge on any atom is 0.421 e. The van der Waals surface area contributed by atoms with Gasteiger partial charge in [-0.2, -0.15) is 18.2 Å². The molecule has 0 aliphatic carbocycles. The molecule has 1 aliphatic heterocycles. The molecule has 0 unspecified atom stereocenters. The van der Waals surface area contributed by atoms with Crippen LogP contribution in [0.1, 0.15) is 22.8 Å². The number of amides is 1. The number of carbonyl (C=O) groups excluding carboxylic acids is 1. The van der Waals surface area contributed by atoms with Gasteiger partial charge in [-0.15, -0.1) is 0 Å². The molecule has 4 N–H and O–H groups in total. The molecule has 1 aromatic heterocycles. The summed E-state index contributed by atoms with van der Waals surface area (Å²) in [5.41, 5.74) is -1.17. The predicted octanol–water partition coefficient (Wildman–Crippen LogP) is 2.45. The number of alkyl halides is 3. The van der Waals surface area contributed by atoms with Crippen molar-refractivity contribution in [2.24, 2.45) is 5.84 Å². The van der Waals surface area contributed by atoms with E-state index in [4.69, 9.17) is 10.6 Å². The SMILES string of the molecule is CCNc1nc(Nc2cc(F)c(C(=O)N3CCN(N)CC3)cc2OC)ncc1C(F)(F)F. The van der Waals surface area contributed by atoms with E-state index in [9.17, 15) is 22.4 Å². The number of piperazine rings is 1. The highest BCUT2D eigenvalue weighted by atomic mass is 19.4. The summed E-state index contributed by atoms with van der Waals surface area (Å²) in [5, 5.41) is 6.75. The molecule has 0 radical (unpaired) electrons. The highest BCUT2D eigenvalue weighted by molar-refractivity contribution is 5.96. The van der Waals surface area contributed by atoms with E-state index in [1.807, 2.05) is 0 Å². The van der Waals surface area contributed by atoms with Crippen molar-refractivity contribution in [3.63, 3.8) is 0 Å². The van der Waals surface area contributed by atoms with Gasteiger partial charge in [-0.05, 0) is 13.0 Å². The fourth-order valence-electron chi connectivity index (χ4n) is 3.15. The number of hydrogen-bond acceptors (Lipinski definition) is 8. The lowest BCUT2D eigenvalue weighted by Gasteiger charge is -2.32. The number of hydrogen-bond donors (Lipinski definition) is 3. The summed E-state index contributed by atoms with van der Waals surface area (Å²) >= 11 is 0. The molecule has 0 saturated carbocycles. The third-order valence-corrected chi connectivity index (χ3v) is 4.81. The first-order chi connectivity index (χ1) is 15.1. The van der Waals surface area contributed by atoms with Crippen molar-refractivity contribution in [3.8, 4) is 5.75 Å². The first kappa shape index (κ1) is 23.5. The zero-order valence-corrected chi connectivity index (χ0v) is 17.5. The Kier molecular flexibility index (Phi) is 6.99. The Balaban J connectivity index is 1.88. The molecule has 1 aliphatic rings. The van der Waals surface area contributed by atoms with Gasteiger partial charge in [0.25, 0.3) is 5.91 Å². The standard InChI is InChI=1S/C19H23F4N7O2/c1-3-25-16-12(19(21,22)23)10-26-18(28-16)27-14-9-13(20)11(8-15(14)32-2)17(31)29-4-6-30(24)7-5-29/h8-10H,3-7,24H2,1-2H3,(H2,25,26,27,28). The number of nitrogens with zero attached hydrogens (tertiary/aromatic N) is 4. The average Bonchev–Trinajstić information content (AvgIpc) is 2.73. The number of anilines is 3. The summed E-state index contributed by atoms with van der Waals surface area (Å²) in [7, 11) is 1.32. The molecular weight excluding hydrogens is 434 g/mol. The van der Waals surface area contributed by atoms with Crippen LogP contribution in [-0.4, -0.2) is 65.6 Å². The van der Waals surface area contributed by atoms with Crippen LogP contribution in [-0.2, 0) is 6.18 Å². The van der Waals surface area contributed by atoms with Crippen molar-refractivity contribution < 1.29 is 27.1 Å². The Morgan fingerprint density at radius 2 is 1.94 bits per heavy atom. The molecule has 2 heterocycles. The van der Waals surface area contributed by atoms with E-state index < -0.39 is 29.3 Å². The number of aromatic nitrogens is 2. The number of ether oxygens (including phenoxy) is 1. The van der Waals surface area contributed by atoms with Crippen LogP contribution < -0.4 is 21.2 Å². The van der Waals surface area contributed by atoms with E-state index in [0.29, 0.717) is 32.4 Å². The lowest BCUT2D eigenvalue weighted by molar-refractivity contribution is -0.137. The Labute approximate surface area is 181 Å². The molecule has 0 bridgehead atoms. The lowest BCUT2D eigenvalue weighted by atomic mass is 10.1. The van der Waals surface area contributed by atoms with Gasteiger partial charge in [-0.3, -0.25) is 10.6 Å². The molecule has 1 saturated heterocycles. The summed E-state index contributed by atoms with van der Waals surface area (Å²) in [6.45, 7) is 3.45. The second-order valence-electron chi connectivity index (χ2n) is 6.97. The molecule has 32 heavy (non-hydrogen) atoms. The fraction of sp³-hybridized carbons (Fsp3) is 0.421. The predicted molar refractivity (Wildman–Crippen MR) is 109 cm³/mol. The average molecular weight is 457 g/mol. The van der Waals surface area contributed by atoms with Gasteiger partial charge in [-0.1, -0.05) is 0 Å². The Bertz CT molecular complexity index is 979. The van der Waals surface area contributed by atoms with Crippen molar-refractivity contribution in [2.75, 3.05) is 50.5 Å². The number of carbonyl (C=O) groups is 1. The van der Waals surface area contributed by atoms with Crippen LogP contribution in [0.5, 0.6) is 5.75 Å². The summed E-state index contributed by atoms with van der Waals surface area (Å²) < 4.78 is 59.5. The number of rotatable bonds is 6. The summed E-state index contributed by atoms with van der Waals surface area (Å²) in [6, 6.07) is 2.24. The van der Waals surface area contributed by atoms with Gasteiger partial charge in [0.05, 0.1) is 18.4 Å². The van der Waals surface area contributed by atoms with Crippen LogP contribution in [0.25, 0.3) is 0 Å². The minimum Gasteiger partial charge on any atom is -0.495 e. The number of nitrogens with two attached hydrogens (primary N) is 1. The first-order valence-corrected chi connectivity index (χ1v) is 9.75. The van der Waals surface area contributed by atoms with Crippen molar-refractivity contribution in [3.05, 3.63) is 35.3 Å². The smallest absolute Gasteiger partial charge is 0.421 e. The molecule has 3 rings (SSSR count). The van der Waals surface area contributed by atoms with E-state index >= 15 is 0 Å². The molecule has 0 atom stereocenters. The van der Waals surface area contributed by atoms with Gasteiger partial charge < -0.3 is 20.3 Å². The second-order valence-corrected chi connectivity index (χ2v) is 6.97. The third kappa shape index (κ3) is 5.16. The van der Waals surface area contributed by atoms with E-state index in [2.05, 4.69) is 20.6 Å².